The normalized spacial score (nSPS) is 20.5. The van der Waals surface area contributed by atoms with Gasteiger partial charge in [0, 0.05) is 31.6 Å². The fourth-order valence-electron chi connectivity index (χ4n) is 2.96. The SMILES string of the molecule is Clc1cc(N2C[C@@H]3CN[C@@H]3C2)cnc1Cl.O=C(O)CC(O)(CC(=O)O)C(=O)O. The van der Waals surface area contributed by atoms with Crippen LogP contribution in [-0.4, -0.2) is 74.6 Å². The Morgan fingerprint density at radius 2 is 1.79 bits per heavy atom. The molecule has 0 spiro atoms. The average Bonchev–Trinajstić information content (AvgIpc) is 2.84. The molecule has 0 radical (unpaired) electrons. The molecule has 2 aliphatic heterocycles. The van der Waals surface area contributed by atoms with Gasteiger partial charge >= 0.3 is 17.9 Å². The van der Waals surface area contributed by atoms with Gasteiger partial charge in [-0.3, -0.25) is 9.59 Å². The molecule has 2 aliphatic rings. The molecule has 10 nitrogen and oxygen atoms in total. The summed E-state index contributed by atoms with van der Waals surface area (Å²) >= 11 is 11.7. The second-order valence-electron chi connectivity index (χ2n) is 6.62. The van der Waals surface area contributed by atoms with Gasteiger partial charge in [-0.1, -0.05) is 23.2 Å². The predicted molar refractivity (Wildman–Crippen MR) is 98.8 cm³/mol. The van der Waals surface area contributed by atoms with E-state index in [2.05, 4.69) is 15.2 Å². The Balaban J connectivity index is 0.000000204. The molecule has 0 saturated carbocycles. The van der Waals surface area contributed by atoms with Gasteiger partial charge in [0.2, 0.25) is 0 Å². The Morgan fingerprint density at radius 1 is 1.18 bits per heavy atom. The van der Waals surface area contributed by atoms with E-state index in [1.807, 2.05) is 6.07 Å². The van der Waals surface area contributed by atoms with Crippen molar-refractivity contribution in [3.8, 4) is 0 Å². The summed E-state index contributed by atoms with van der Waals surface area (Å²) in [6, 6.07) is 2.54. The zero-order valence-electron chi connectivity index (χ0n) is 14.5. The van der Waals surface area contributed by atoms with Crippen molar-refractivity contribution in [1.82, 2.24) is 10.3 Å². The van der Waals surface area contributed by atoms with Crippen molar-refractivity contribution < 1.29 is 34.8 Å². The van der Waals surface area contributed by atoms with E-state index in [0.29, 0.717) is 16.2 Å². The minimum atomic E-state index is -2.74. The zero-order valence-corrected chi connectivity index (χ0v) is 16.0. The molecule has 5 N–H and O–H groups in total. The van der Waals surface area contributed by atoms with Crippen molar-refractivity contribution in [2.75, 3.05) is 24.5 Å². The highest BCUT2D eigenvalue weighted by Gasteiger charge is 2.41. The largest absolute Gasteiger partial charge is 0.481 e. The van der Waals surface area contributed by atoms with Crippen LogP contribution in [-0.2, 0) is 14.4 Å². The van der Waals surface area contributed by atoms with Crippen molar-refractivity contribution in [2.45, 2.75) is 24.5 Å². The highest BCUT2D eigenvalue weighted by molar-refractivity contribution is 6.41. The van der Waals surface area contributed by atoms with Crippen LogP contribution in [0.4, 0.5) is 5.69 Å². The van der Waals surface area contributed by atoms with Crippen molar-refractivity contribution in [1.29, 1.82) is 0 Å². The van der Waals surface area contributed by atoms with E-state index in [9.17, 15) is 14.4 Å². The Morgan fingerprint density at radius 3 is 2.14 bits per heavy atom. The second-order valence-corrected chi connectivity index (χ2v) is 7.39. The average molecular weight is 436 g/mol. The van der Waals surface area contributed by atoms with Gasteiger partial charge in [0.1, 0.15) is 5.15 Å². The van der Waals surface area contributed by atoms with Gasteiger partial charge in [-0.15, -0.1) is 0 Å². The van der Waals surface area contributed by atoms with E-state index >= 15 is 0 Å². The molecule has 154 valence electrons. The van der Waals surface area contributed by atoms with E-state index in [-0.39, 0.29) is 0 Å². The van der Waals surface area contributed by atoms with Crippen molar-refractivity contribution in [3.05, 3.63) is 22.4 Å². The predicted octanol–water partition coefficient (Wildman–Crippen LogP) is 0.548. The number of anilines is 1. The maximum Gasteiger partial charge on any atom is 0.336 e. The number of carbonyl (C=O) groups is 3. The van der Waals surface area contributed by atoms with Crippen LogP contribution < -0.4 is 10.2 Å². The second kappa shape index (κ2) is 8.91. The Bertz CT molecular complexity index is 749. The molecule has 2 atom stereocenters. The number of nitrogens with one attached hydrogen (secondary N) is 1. The first-order valence-electron chi connectivity index (χ1n) is 8.20. The van der Waals surface area contributed by atoms with Crippen molar-refractivity contribution in [3.63, 3.8) is 0 Å². The molecule has 2 saturated heterocycles. The number of rotatable bonds is 6. The molecule has 0 aliphatic carbocycles. The van der Waals surface area contributed by atoms with Gasteiger partial charge in [0.05, 0.1) is 29.7 Å². The zero-order chi connectivity index (χ0) is 21.1. The molecule has 0 aromatic carbocycles. The van der Waals surface area contributed by atoms with Crippen LogP contribution in [0, 0.1) is 5.92 Å². The van der Waals surface area contributed by atoms with Gasteiger partial charge in [0.25, 0.3) is 0 Å². The minimum absolute atomic E-state index is 0.376. The van der Waals surface area contributed by atoms with Crippen molar-refractivity contribution >= 4 is 46.8 Å². The minimum Gasteiger partial charge on any atom is -0.481 e. The number of carboxylic acids is 3. The molecular weight excluding hydrogens is 417 g/mol. The van der Waals surface area contributed by atoms with Crippen molar-refractivity contribution in [2.24, 2.45) is 5.92 Å². The lowest BCUT2D eigenvalue weighted by molar-refractivity contribution is -0.170. The molecule has 3 rings (SSSR count). The fourth-order valence-corrected chi connectivity index (χ4v) is 3.22. The molecule has 3 heterocycles. The third-order valence-corrected chi connectivity index (χ3v) is 5.20. The fraction of sp³-hybridized carbons (Fsp3) is 0.500. The number of nitrogens with zero attached hydrogens (tertiary/aromatic N) is 2. The Hall–Kier alpha value is -2.14. The Labute approximate surface area is 169 Å². The van der Waals surface area contributed by atoms with Gasteiger partial charge in [-0.25, -0.2) is 9.78 Å². The maximum atomic E-state index is 10.3. The molecular formula is C16H19Cl2N3O7. The summed E-state index contributed by atoms with van der Waals surface area (Å²) in [5.74, 6) is -4.23. The number of aliphatic hydroxyl groups is 1. The van der Waals surface area contributed by atoms with Crippen LogP contribution >= 0.6 is 23.2 Å². The van der Waals surface area contributed by atoms with Crippen LogP contribution in [0.25, 0.3) is 0 Å². The number of aromatic nitrogens is 1. The number of pyridine rings is 1. The number of aliphatic carboxylic acids is 3. The van der Waals surface area contributed by atoms with E-state index in [0.717, 1.165) is 31.2 Å². The number of carboxylic acid groups (broad SMARTS) is 3. The lowest BCUT2D eigenvalue weighted by Crippen LogP contribution is -2.51. The number of halogens is 2. The van der Waals surface area contributed by atoms with Gasteiger partial charge in [-0.05, 0) is 6.07 Å². The summed E-state index contributed by atoms with van der Waals surface area (Å²) in [5, 5.41) is 38.1. The number of fused-ring (bicyclic) bond motifs is 1. The lowest BCUT2D eigenvalue weighted by Gasteiger charge is -2.29. The van der Waals surface area contributed by atoms with E-state index < -0.39 is 36.4 Å². The van der Waals surface area contributed by atoms with Gasteiger partial charge in [0.15, 0.2) is 5.60 Å². The summed E-state index contributed by atoms with van der Waals surface area (Å²) in [6.07, 6.45) is -0.498. The number of hydrogen-bond donors (Lipinski definition) is 5. The monoisotopic (exact) mass is 435 g/mol. The van der Waals surface area contributed by atoms with Crippen LogP contribution in [0.3, 0.4) is 0 Å². The molecule has 1 aromatic rings. The summed E-state index contributed by atoms with van der Waals surface area (Å²) < 4.78 is 0. The molecule has 28 heavy (non-hydrogen) atoms. The molecule has 0 amide bonds. The molecule has 1 aromatic heterocycles. The molecule has 0 bridgehead atoms. The van der Waals surface area contributed by atoms with Crippen LogP contribution in [0.15, 0.2) is 12.3 Å². The lowest BCUT2D eigenvalue weighted by atomic mass is 9.96. The van der Waals surface area contributed by atoms with Crippen LogP contribution in [0.1, 0.15) is 12.8 Å². The van der Waals surface area contributed by atoms with Crippen LogP contribution in [0.5, 0.6) is 0 Å². The van der Waals surface area contributed by atoms with Crippen LogP contribution in [0.2, 0.25) is 10.2 Å². The molecule has 0 unspecified atom stereocenters. The number of hydrogen-bond acceptors (Lipinski definition) is 7. The van der Waals surface area contributed by atoms with E-state index in [1.165, 1.54) is 0 Å². The highest BCUT2D eigenvalue weighted by Crippen LogP contribution is 2.30. The highest BCUT2D eigenvalue weighted by atomic mass is 35.5. The maximum absolute atomic E-state index is 10.3. The molecule has 12 heteroatoms. The summed E-state index contributed by atoms with van der Waals surface area (Å²) in [7, 11) is 0. The smallest absolute Gasteiger partial charge is 0.336 e. The first-order chi connectivity index (χ1) is 13.0. The molecule has 2 fully saturated rings. The first kappa shape index (κ1) is 22.2. The van der Waals surface area contributed by atoms with E-state index in [4.69, 9.17) is 43.6 Å². The van der Waals surface area contributed by atoms with E-state index in [1.54, 1.807) is 6.20 Å². The van der Waals surface area contributed by atoms with Gasteiger partial charge in [-0.2, -0.15) is 0 Å². The third kappa shape index (κ3) is 5.44. The van der Waals surface area contributed by atoms with Gasteiger partial charge < -0.3 is 30.6 Å². The standard InChI is InChI=1S/C10H11Cl2N3.C6H8O7/c11-8-1-7(3-14-10(8)12)15-4-6-2-13-9(6)5-15;7-3(8)1-6(13,5(11)12)2-4(9)10/h1,3,6,9,13H,2,4-5H2;13H,1-2H2,(H,7,8)(H,9,10)(H,11,12)/t6-,9+;/m0./s1. The Kier molecular flexibility index (Phi) is 7.05. The summed E-state index contributed by atoms with van der Waals surface area (Å²) in [5.41, 5.74) is -1.67. The quantitative estimate of drug-likeness (QED) is 0.399. The summed E-state index contributed by atoms with van der Waals surface area (Å²) in [4.78, 5) is 36.9. The first-order valence-corrected chi connectivity index (χ1v) is 8.96. The third-order valence-electron chi connectivity index (χ3n) is 4.52. The topological polar surface area (TPSA) is 160 Å². The summed E-state index contributed by atoms with van der Waals surface area (Å²) in [6.45, 7) is 3.28.